The second-order valence-electron chi connectivity index (χ2n) is 2.47. The van der Waals surface area contributed by atoms with Gasteiger partial charge in [0.25, 0.3) is 0 Å². The fourth-order valence-corrected chi connectivity index (χ4v) is 1.99. The van der Waals surface area contributed by atoms with E-state index < -0.39 is 10.8 Å². The van der Waals surface area contributed by atoms with Crippen molar-refractivity contribution in [3.05, 3.63) is 18.2 Å². The summed E-state index contributed by atoms with van der Waals surface area (Å²) in [6.07, 6.45) is 0. The molecule has 0 bridgehead atoms. The van der Waals surface area contributed by atoms with Crippen LogP contribution in [0.25, 0.3) is 0 Å². The van der Waals surface area contributed by atoms with Gasteiger partial charge in [-0.25, -0.2) is 0 Å². The van der Waals surface area contributed by atoms with Crippen LogP contribution in [-0.2, 0) is 10.8 Å². The van der Waals surface area contributed by atoms with Crippen LogP contribution < -0.4 is 4.74 Å². The third-order valence-electron chi connectivity index (χ3n) is 1.68. The number of methoxy groups -OCH3 is 1. The van der Waals surface area contributed by atoms with Gasteiger partial charge in [0.15, 0.2) is 0 Å². The van der Waals surface area contributed by atoms with Crippen molar-refractivity contribution in [1.29, 1.82) is 0 Å². The quantitative estimate of drug-likeness (QED) is 0.783. The van der Waals surface area contributed by atoms with E-state index in [1.165, 1.54) is 0 Å². The van der Waals surface area contributed by atoms with Gasteiger partial charge in [0.1, 0.15) is 5.75 Å². The van der Waals surface area contributed by atoms with Gasteiger partial charge < -0.3 is 4.74 Å². The molecule has 4 heteroatoms. The van der Waals surface area contributed by atoms with E-state index in [1.54, 1.807) is 19.2 Å². The van der Waals surface area contributed by atoms with Crippen LogP contribution in [0.2, 0.25) is 0 Å². The normalized spacial score (nSPS) is 12.5. The summed E-state index contributed by atoms with van der Waals surface area (Å²) in [5.74, 6) is 1.29. The maximum atomic E-state index is 11.4. The number of ether oxygens (including phenoxy) is 1. The van der Waals surface area contributed by atoms with E-state index in [1.807, 2.05) is 13.0 Å². The minimum atomic E-state index is -0.924. The van der Waals surface area contributed by atoms with Gasteiger partial charge in [0, 0.05) is 15.5 Å². The molecule has 0 saturated carbocycles. The van der Waals surface area contributed by atoms with E-state index in [0.29, 0.717) is 11.5 Å². The second kappa shape index (κ2) is 4.67. The first kappa shape index (κ1) is 10.6. The van der Waals surface area contributed by atoms with Crippen LogP contribution in [0.5, 0.6) is 5.75 Å². The Labute approximate surface area is 86.2 Å². The monoisotopic (exact) mass is 216 g/mol. The van der Waals surface area contributed by atoms with Crippen molar-refractivity contribution in [2.45, 2.75) is 16.7 Å². The lowest BCUT2D eigenvalue weighted by Gasteiger charge is -2.05. The van der Waals surface area contributed by atoms with Crippen LogP contribution in [0.15, 0.2) is 28.0 Å². The van der Waals surface area contributed by atoms with Crippen molar-refractivity contribution >= 4 is 23.4 Å². The summed E-state index contributed by atoms with van der Waals surface area (Å²) in [5.41, 5.74) is 0. The Hall–Kier alpha value is -0.480. The molecule has 0 spiro atoms. The van der Waals surface area contributed by atoms with Crippen LogP contribution in [0.3, 0.4) is 0 Å². The van der Waals surface area contributed by atoms with E-state index in [4.69, 9.17) is 4.74 Å². The van der Waals surface area contributed by atoms with Crippen LogP contribution in [-0.4, -0.2) is 17.1 Å². The first-order chi connectivity index (χ1) is 6.19. The highest BCUT2D eigenvalue weighted by atomic mass is 32.2. The Morgan fingerprint density at radius 2 is 2.23 bits per heavy atom. The third kappa shape index (κ3) is 2.48. The fraction of sp³-hybridized carbons (Fsp3) is 0.333. The molecule has 1 rings (SSSR count). The Balaban J connectivity index is 3.06. The molecule has 1 unspecified atom stereocenters. The van der Waals surface area contributed by atoms with Gasteiger partial charge in [-0.1, -0.05) is 6.92 Å². The number of thiol groups is 1. The molecule has 0 N–H and O–H groups in total. The molecule has 0 saturated heterocycles. The highest BCUT2D eigenvalue weighted by molar-refractivity contribution is 7.85. The molecular weight excluding hydrogens is 204 g/mol. The van der Waals surface area contributed by atoms with E-state index in [9.17, 15) is 4.21 Å². The Morgan fingerprint density at radius 1 is 1.54 bits per heavy atom. The molecule has 1 atom stereocenters. The highest BCUT2D eigenvalue weighted by Gasteiger charge is 2.04. The molecule has 0 fully saturated rings. The van der Waals surface area contributed by atoms with Crippen molar-refractivity contribution in [3.8, 4) is 5.75 Å². The predicted octanol–water partition coefficient (Wildman–Crippen LogP) is 2.11. The van der Waals surface area contributed by atoms with Crippen molar-refractivity contribution in [3.63, 3.8) is 0 Å². The van der Waals surface area contributed by atoms with Crippen LogP contribution in [0.4, 0.5) is 0 Å². The van der Waals surface area contributed by atoms with Crippen molar-refractivity contribution in [2.75, 3.05) is 12.9 Å². The summed E-state index contributed by atoms with van der Waals surface area (Å²) in [6.45, 7) is 1.89. The summed E-state index contributed by atoms with van der Waals surface area (Å²) in [4.78, 5) is 1.55. The molecule has 72 valence electrons. The van der Waals surface area contributed by atoms with Gasteiger partial charge in [0.05, 0.1) is 17.9 Å². The molecule has 0 aromatic heterocycles. The Morgan fingerprint density at radius 3 is 2.77 bits per heavy atom. The maximum absolute atomic E-state index is 11.4. The first-order valence-electron chi connectivity index (χ1n) is 3.94. The number of benzene rings is 1. The second-order valence-corrected chi connectivity index (χ2v) is 4.69. The zero-order valence-corrected chi connectivity index (χ0v) is 9.32. The molecule has 0 aliphatic rings. The minimum absolute atomic E-state index is 0.620. The topological polar surface area (TPSA) is 26.3 Å². The van der Waals surface area contributed by atoms with Crippen molar-refractivity contribution in [1.82, 2.24) is 0 Å². The minimum Gasteiger partial charge on any atom is -0.496 e. The van der Waals surface area contributed by atoms with Crippen LogP contribution >= 0.6 is 12.6 Å². The van der Waals surface area contributed by atoms with E-state index >= 15 is 0 Å². The largest absolute Gasteiger partial charge is 0.496 e. The van der Waals surface area contributed by atoms with E-state index in [-0.39, 0.29) is 0 Å². The van der Waals surface area contributed by atoms with E-state index in [0.717, 1.165) is 9.79 Å². The highest BCUT2D eigenvalue weighted by Crippen LogP contribution is 2.24. The molecule has 2 nitrogen and oxygen atoms in total. The number of hydrogen-bond acceptors (Lipinski definition) is 3. The molecule has 0 radical (unpaired) electrons. The van der Waals surface area contributed by atoms with Crippen molar-refractivity contribution < 1.29 is 8.95 Å². The Kier molecular flexibility index (Phi) is 3.81. The smallest absolute Gasteiger partial charge is 0.133 e. The van der Waals surface area contributed by atoms with Crippen LogP contribution in [0, 0.1) is 0 Å². The van der Waals surface area contributed by atoms with Gasteiger partial charge in [-0.15, -0.1) is 12.6 Å². The fourth-order valence-electron chi connectivity index (χ4n) is 0.966. The van der Waals surface area contributed by atoms with Crippen molar-refractivity contribution in [2.24, 2.45) is 0 Å². The lowest BCUT2D eigenvalue weighted by Crippen LogP contribution is -1.95. The first-order valence-corrected chi connectivity index (χ1v) is 5.71. The molecule has 1 aromatic carbocycles. The predicted molar refractivity (Wildman–Crippen MR) is 57.2 cm³/mol. The molecule has 0 aliphatic carbocycles. The summed E-state index contributed by atoms with van der Waals surface area (Å²) < 4.78 is 16.5. The molecule has 0 amide bonds. The lowest BCUT2D eigenvalue weighted by atomic mass is 10.3. The summed E-state index contributed by atoms with van der Waals surface area (Å²) in [6, 6.07) is 5.37. The number of hydrogen-bond donors (Lipinski definition) is 1. The molecular formula is C9H12O2S2. The van der Waals surface area contributed by atoms with Crippen LogP contribution in [0.1, 0.15) is 6.92 Å². The Bertz CT molecular complexity index is 323. The lowest BCUT2D eigenvalue weighted by molar-refractivity contribution is 0.403. The number of rotatable bonds is 3. The standard InChI is InChI=1S/C9H12O2S2/c1-3-13(10)7-4-5-9(12)8(6-7)11-2/h4-6,12H,3H2,1-2H3. The summed E-state index contributed by atoms with van der Waals surface area (Å²) in [7, 11) is 0.653. The van der Waals surface area contributed by atoms with Gasteiger partial charge >= 0.3 is 0 Å². The SMILES string of the molecule is CCS(=O)c1ccc(S)c(OC)c1. The van der Waals surface area contributed by atoms with Gasteiger partial charge in [-0.2, -0.15) is 0 Å². The summed E-state index contributed by atoms with van der Waals surface area (Å²) >= 11 is 4.20. The molecule has 0 heterocycles. The molecule has 0 aliphatic heterocycles. The average molecular weight is 216 g/mol. The van der Waals surface area contributed by atoms with E-state index in [2.05, 4.69) is 12.6 Å². The zero-order valence-electron chi connectivity index (χ0n) is 7.61. The van der Waals surface area contributed by atoms with Gasteiger partial charge in [0.2, 0.25) is 0 Å². The molecule has 13 heavy (non-hydrogen) atoms. The van der Waals surface area contributed by atoms with Gasteiger partial charge in [-0.3, -0.25) is 4.21 Å². The average Bonchev–Trinajstić information content (AvgIpc) is 2.17. The zero-order chi connectivity index (χ0) is 9.84. The summed E-state index contributed by atoms with van der Waals surface area (Å²) in [5, 5.41) is 0. The third-order valence-corrected chi connectivity index (χ3v) is 3.35. The molecule has 1 aromatic rings. The van der Waals surface area contributed by atoms with Gasteiger partial charge in [-0.05, 0) is 18.2 Å². The maximum Gasteiger partial charge on any atom is 0.133 e.